The van der Waals surface area contributed by atoms with E-state index in [1.54, 1.807) is 11.8 Å². The predicted molar refractivity (Wildman–Crippen MR) is 137 cm³/mol. The Hall–Kier alpha value is -2.19. The Bertz CT molecular complexity index is 1020. The van der Waals surface area contributed by atoms with E-state index in [1.165, 1.54) is 0 Å². The Balaban J connectivity index is 1.40. The standard InChI is InChI=1S/C29H32O5S/c1-2-35-29-27(31-19-22-14-8-4-9-15-22)26(30-18-21-12-6-3-7-13-21)25-24(33-29)20-32-28(34-25)23-16-10-5-11-17-23/h3-17,24-29H,2,18-20H2,1H3/t24-,25-,26+,27+,28-,29-/m1/s1. The Kier molecular flexibility index (Phi) is 8.52. The molecule has 5 rings (SSSR count). The van der Waals surface area contributed by atoms with Crippen molar-refractivity contribution in [1.29, 1.82) is 0 Å². The van der Waals surface area contributed by atoms with E-state index >= 15 is 0 Å². The van der Waals surface area contributed by atoms with Crippen LogP contribution in [0.2, 0.25) is 0 Å². The Morgan fingerprint density at radius 2 is 1.31 bits per heavy atom. The van der Waals surface area contributed by atoms with Gasteiger partial charge in [0.1, 0.15) is 29.9 Å². The minimum absolute atomic E-state index is 0.175. The molecule has 184 valence electrons. The fraction of sp³-hybridized carbons (Fsp3) is 0.379. The van der Waals surface area contributed by atoms with Crippen LogP contribution in [0, 0.1) is 0 Å². The topological polar surface area (TPSA) is 46.2 Å². The van der Waals surface area contributed by atoms with Crippen molar-refractivity contribution < 1.29 is 23.7 Å². The Morgan fingerprint density at radius 1 is 0.743 bits per heavy atom. The molecule has 0 saturated carbocycles. The third-order valence-corrected chi connectivity index (χ3v) is 7.30. The molecule has 5 nitrogen and oxygen atoms in total. The molecule has 6 heteroatoms. The van der Waals surface area contributed by atoms with Gasteiger partial charge in [-0.1, -0.05) is 97.9 Å². The molecule has 2 aliphatic rings. The highest BCUT2D eigenvalue weighted by atomic mass is 32.2. The summed E-state index contributed by atoms with van der Waals surface area (Å²) in [6.07, 6.45) is -1.60. The average Bonchev–Trinajstić information content (AvgIpc) is 2.92. The summed E-state index contributed by atoms with van der Waals surface area (Å²) in [6.45, 7) is 3.54. The zero-order valence-electron chi connectivity index (χ0n) is 19.9. The lowest BCUT2D eigenvalue weighted by Gasteiger charge is -2.49. The van der Waals surface area contributed by atoms with Crippen LogP contribution in [0.1, 0.15) is 29.9 Å². The lowest BCUT2D eigenvalue weighted by Crippen LogP contribution is -2.62. The lowest BCUT2D eigenvalue weighted by molar-refractivity contribution is -0.329. The van der Waals surface area contributed by atoms with Crippen molar-refractivity contribution in [1.82, 2.24) is 0 Å². The minimum Gasteiger partial charge on any atom is -0.368 e. The highest BCUT2D eigenvalue weighted by molar-refractivity contribution is 7.99. The quantitative estimate of drug-likeness (QED) is 0.379. The van der Waals surface area contributed by atoms with E-state index in [9.17, 15) is 0 Å². The van der Waals surface area contributed by atoms with Crippen molar-refractivity contribution in [2.24, 2.45) is 0 Å². The molecule has 0 unspecified atom stereocenters. The van der Waals surface area contributed by atoms with Crippen LogP contribution in [0.5, 0.6) is 0 Å². The van der Waals surface area contributed by atoms with Gasteiger partial charge in [0.2, 0.25) is 0 Å². The van der Waals surface area contributed by atoms with Crippen LogP contribution in [-0.2, 0) is 36.9 Å². The van der Waals surface area contributed by atoms with E-state index in [0.717, 1.165) is 22.4 Å². The van der Waals surface area contributed by atoms with Crippen LogP contribution < -0.4 is 0 Å². The van der Waals surface area contributed by atoms with Crippen LogP contribution in [0.3, 0.4) is 0 Å². The number of hydrogen-bond acceptors (Lipinski definition) is 6. The molecule has 0 aromatic heterocycles. The number of fused-ring (bicyclic) bond motifs is 1. The van der Waals surface area contributed by atoms with E-state index < -0.39 is 6.29 Å². The molecule has 3 aromatic rings. The minimum atomic E-state index is -0.464. The number of benzene rings is 3. The largest absolute Gasteiger partial charge is 0.368 e. The van der Waals surface area contributed by atoms with E-state index in [4.69, 9.17) is 23.7 Å². The molecule has 35 heavy (non-hydrogen) atoms. The zero-order chi connectivity index (χ0) is 23.9. The monoisotopic (exact) mass is 492 g/mol. The molecule has 0 radical (unpaired) electrons. The van der Waals surface area contributed by atoms with Gasteiger partial charge in [-0.3, -0.25) is 0 Å². The van der Waals surface area contributed by atoms with E-state index in [-0.39, 0.29) is 29.9 Å². The maximum Gasteiger partial charge on any atom is 0.184 e. The van der Waals surface area contributed by atoms with Gasteiger partial charge in [0.05, 0.1) is 19.8 Å². The summed E-state index contributed by atoms with van der Waals surface area (Å²) < 4.78 is 32.2. The van der Waals surface area contributed by atoms with Crippen molar-refractivity contribution in [3.05, 3.63) is 108 Å². The molecule has 0 spiro atoms. The SMILES string of the molecule is CCS[C@H]1O[C@@H]2CO[C@@H](c3ccccc3)O[C@H]2[C@H](OCc2ccccc2)[C@@H]1OCc1ccccc1. The normalized spacial score (nSPS) is 28.4. The second-order valence-corrected chi connectivity index (χ2v) is 10.1. The molecular formula is C29H32O5S. The third kappa shape index (κ3) is 6.15. The smallest absolute Gasteiger partial charge is 0.184 e. The van der Waals surface area contributed by atoms with Gasteiger partial charge in [0.25, 0.3) is 0 Å². The van der Waals surface area contributed by atoms with Crippen LogP contribution in [0.15, 0.2) is 91.0 Å². The number of ether oxygens (including phenoxy) is 5. The van der Waals surface area contributed by atoms with Crippen LogP contribution in [0.25, 0.3) is 0 Å². The first-order chi connectivity index (χ1) is 17.3. The van der Waals surface area contributed by atoms with Gasteiger partial charge >= 0.3 is 0 Å². The lowest BCUT2D eigenvalue weighted by atomic mass is 9.98. The molecular weight excluding hydrogens is 460 g/mol. The van der Waals surface area contributed by atoms with E-state index in [1.807, 2.05) is 66.7 Å². The molecule has 0 aliphatic carbocycles. The first-order valence-corrected chi connectivity index (χ1v) is 13.3. The van der Waals surface area contributed by atoms with Gasteiger partial charge in [-0.05, 0) is 16.9 Å². The number of hydrogen-bond donors (Lipinski definition) is 0. The van der Waals surface area contributed by atoms with Crippen LogP contribution in [0.4, 0.5) is 0 Å². The van der Waals surface area contributed by atoms with Crippen molar-refractivity contribution in [2.45, 2.75) is 56.3 Å². The van der Waals surface area contributed by atoms with E-state index in [2.05, 4.69) is 31.2 Å². The Morgan fingerprint density at radius 3 is 1.91 bits per heavy atom. The molecule has 2 aliphatic heterocycles. The Labute approximate surface area is 211 Å². The van der Waals surface area contributed by atoms with Crippen LogP contribution in [-0.4, -0.2) is 42.2 Å². The summed E-state index contributed by atoms with van der Waals surface area (Å²) in [4.78, 5) is 0. The number of rotatable bonds is 9. The fourth-order valence-electron chi connectivity index (χ4n) is 4.52. The highest BCUT2D eigenvalue weighted by Gasteiger charge is 2.51. The summed E-state index contributed by atoms with van der Waals surface area (Å²) >= 11 is 1.74. The molecule has 0 amide bonds. The molecule has 2 fully saturated rings. The van der Waals surface area contributed by atoms with Crippen molar-refractivity contribution in [3.63, 3.8) is 0 Å². The average molecular weight is 493 g/mol. The molecule has 2 saturated heterocycles. The zero-order valence-corrected chi connectivity index (χ0v) is 20.7. The molecule has 0 N–H and O–H groups in total. The molecule has 0 bridgehead atoms. The maximum atomic E-state index is 6.60. The fourth-order valence-corrected chi connectivity index (χ4v) is 5.50. The molecule has 6 atom stereocenters. The first kappa shape index (κ1) is 24.5. The maximum absolute atomic E-state index is 6.60. The van der Waals surface area contributed by atoms with Gasteiger partial charge in [0, 0.05) is 5.56 Å². The van der Waals surface area contributed by atoms with E-state index in [0.29, 0.717) is 19.8 Å². The van der Waals surface area contributed by atoms with Crippen LogP contribution >= 0.6 is 11.8 Å². The van der Waals surface area contributed by atoms with Gasteiger partial charge in [-0.2, -0.15) is 0 Å². The second kappa shape index (κ2) is 12.2. The molecule has 3 aromatic carbocycles. The highest BCUT2D eigenvalue weighted by Crippen LogP contribution is 2.39. The van der Waals surface area contributed by atoms with Gasteiger partial charge in [-0.25, -0.2) is 0 Å². The first-order valence-electron chi connectivity index (χ1n) is 12.2. The van der Waals surface area contributed by atoms with Gasteiger partial charge < -0.3 is 23.7 Å². The third-order valence-electron chi connectivity index (χ3n) is 6.26. The van der Waals surface area contributed by atoms with Gasteiger partial charge in [-0.15, -0.1) is 11.8 Å². The van der Waals surface area contributed by atoms with Crippen molar-refractivity contribution in [2.75, 3.05) is 12.4 Å². The second-order valence-electron chi connectivity index (χ2n) is 8.70. The number of thioether (sulfide) groups is 1. The summed E-state index contributed by atoms with van der Waals surface area (Å²) in [5.41, 5.74) is 3.04. The summed E-state index contributed by atoms with van der Waals surface area (Å²) in [5.74, 6) is 0.910. The summed E-state index contributed by atoms with van der Waals surface area (Å²) in [7, 11) is 0. The predicted octanol–water partition coefficient (Wildman–Crippen LogP) is 5.75. The summed E-state index contributed by atoms with van der Waals surface area (Å²) in [5, 5.41) is 0. The summed E-state index contributed by atoms with van der Waals surface area (Å²) in [6, 6.07) is 30.5. The van der Waals surface area contributed by atoms with Crippen molar-refractivity contribution >= 4 is 11.8 Å². The molecule has 2 heterocycles. The van der Waals surface area contributed by atoms with Crippen molar-refractivity contribution in [3.8, 4) is 0 Å². The van der Waals surface area contributed by atoms with Gasteiger partial charge in [0.15, 0.2) is 6.29 Å².